The largest absolute Gasteiger partial charge is 0.265 e. The van der Waals surface area contributed by atoms with E-state index in [0.717, 1.165) is 12.3 Å². The van der Waals surface area contributed by atoms with E-state index in [9.17, 15) is 0 Å². The van der Waals surface area contributed by atoms with Crippen LogP contribution in [0.15, 0.2) is 24.5 Å². The number of aromatic nitrogens is 1. The second-order valence-electron chi connectivity index (χ2n) is 4.19. The summed E-state index contributed by atoms with van der Waals surface area (Å²) >= 11 is 3.77. The maximum atomic E-state index is 4.03. The van der Waals surface area contributed by atoms with Crippen LogP contribution in [0.1, 0.15) is 31.2 Å². The lowest BCUT2D eigenvalue weighted by Gasteiger charge is -2.27. The number of alkyl halides is 1. The van der Waals surface area contributed by atoms with Gasteiger partial charge in [-0.2, -0.15) is 0 Å². The maximum Gasteiger partial charge on any atom is 0.0270 e. The average molecular weight is 254 g/mol. The molecule has 1 aliphatic rings. The van der Waals surface area contributed by atoms with E-state index in [1.165, 1.54) is 31.2 Å². The Morgan fingerprint density at radius 1 is 1.36 bits per heavy atom. The Morgan fingerprint density at radius 3 is 2.64 bits per heavy atom. The molecule has 0 radical (unpaired) electrons. The highest BCUT2D eigenvalue weighted by Crippen LogP contribution is 2.33. The van der Waals surface area contributed by atoms with Crippen molar-refractivity contribution in [2.24, 2.45) is 5.92 Å². The predicted molar refractivity (Wildman–Crippen MR) is 62.6 cm³/mol. The number of hydrogen-bond acceptors (Lipinski definition) is 1. The third-order valence-electron chi connectivity index (χ3n) is 3.02. The molecule has 1 saturated carbocycles. The minimum absolute atomic E-state index is 0.648. The number of halogens is 1. The van der Waals surface area contributed by atoms with Crippen LogP contribution in [0, 0.1) is 5.92 Å². The molecule has 76 valence electrons. The van der Waals surface area contributed by atoms with E-state index < -0.39 is 0 Å². The molecule has 1 heterocycles. The monoisotopic (exact) mass is 253 g/mol. The molecule has 0 N–H and O–H groups in total. The third-order valence-corrected chi connectivity index (χ3v) is 3.72. The fraction of sp³-hybridized carbons (Fsp3) is 0.583. The van der Waals surface area contributed by atoms with Crippen molar-refractivity contribution in [3.8, 4) is 0 Å². The van der Waals surface area contributed by atoms with Gasteiger partial charge < -0.3 is 0 Å². The average Bonchev–Trinajstić information content (AvgIpc) is 2.13. The molecule has 1 aliphatic carbocycles. The van der Waals surface area contributed by atoms with Gasteiger partial charge in [-0.15, -0.1) is 0 Å². The van der Waals surface area contributed by atoms with Gasteiger partial charge >= 0.3 is 0 Å². The van der Waals surface area contributed by atoms with Crippen molar-refractivity contribution in [2.45, 2.75) is 36.9 Å². The lowest BCUT2D eigenvalue weighted by molar-refractivity contribution is 0.294. The highest BCUT2D eigenvalue weighted by molar-refractivity contribution is 9.09. The molecule has 0 amide bonds. The Morgan fingerprint density at radius 2 is 2.07 bits per heavy atom. The molecular weight excluding hydrogens is 238 g/mol. The lowest BCUT2D eigenvalue weighted by atomic mass is 9.81. The van der Waals surface area contributed by atoms with Gasteiger partial charge in [0.25, 0.3) is 0 Å². The van der Waals surface area contributed by atoms with E-state index in [2.05, 4.69) is 33.0 Å². The summed E-state index contributed by atoms with van der Waals surface area (Å²) in [6.45, 7) is 0. The van der Waals surface area contributed by atoms with Crippen LogP contribution in [0.5, 0.6) is 0 Å². The number of nitrogens with zero attached hydrogens (tertiary/aromatic N) is 1. The predicted octanol–water partition coefficient (Wildman–Crippen LogP) is 3.58. The number of pyridine rings is 1. The van der Waals surface area contributed by atoms with Crippen LogP contribution in [-0.2, 0) is 6.42 Å². The van der Waals surface area contributed by atoms with Gasteiger partial charge in [-0.05, 0) is 36.5 Å². The highest BCUT2D eigenvalue weighted by Gasteiger charge is 2.20. The minimum Gasteiger partial charge on any atom is -0.265 e. The van der Waals surface area contributed by atoms with E-state index >= 15 is 0 Å². The molecule has 1 fully saturated rings. The maximum absolute atomic E-state index is 4.03. The molecule has 2 heteroatoms. The van der Waals surface area contributed by atoms with E-state index in [4.69, 9.17) is 0 Å². The zero-order chi connectivity index (χ0) is 9.80. The van der Waals surface area contributed by atoms with Gasteiger partial charge in [0.1, 0.15) is 0 Å². The van der Waals surface area contributed by atoms with Crippen molar-refractivity contribution < 1.29 is 0 Å². The molecule has 0 bridgehead atoms. The summed E-state index contributed by atoms with van der Waals surface area (Å²) < 4.78 is 0. The number of rotatable bonds is 4. The van der Waals surface area contributed by atoms with Crippen LogP contribution in [-0.4, -0.2) is 9.81 Å². The SMILES string of the molecule is BrC(Cc1ccncc1)CC1CCC1. The zero-order valence-corrected chi connectivity index (χ0v) is 9.91. The standard InChI is InChI=1S/C12H16BrN/c13-12(8-10-2-1-3-10)9-11-4-6-14-7-5-11/h4-7,10,12H,1-3,8-9H2. The topological polar surface area (TPSA) is 12.9 Å². The van der Waals surface area contributed by atoms with Crippen LogP contribution in [0.25, 0.3) is 0 Å². The molecule has 1 aromatic rings. The van der Waals surface area contributed by atoms with Gasteiger partial charge in [-0.1, -0.05) is 35.2 Å². The Hall–Kier alpha value is -0.370. The van der Waals surface area contributed by atoms with Gasteiger partial charge in [-0.3, -0.25) is 4.98 Å². The van der Waals surface area contributed by atoms with Gasteiger partial charge in [0.05, 0.1) is 0 Å². The van der Waals surface area contributed by atoms with E-state index in [1.54, 1.807) is 0 Å². The molecule has 0 spiro atoms. The Bertz CT molecular complexity index is 269. The fourth-order valence-electron chi connectivity index (χ4n) is 1.95. The first-order valence-electron chi connectivity index (χ1n) is 5.37. The lowest BCUT2D eigenvalue weighted by Crippen LogP contribution is -2.17. The van der Waals surface area contributed by atoms with Crippen molar-refractivity contribution in [2.75, 3.05) is 0 Å². The Labute approximate surface area is 94.1 Å². The molecule has 14 heavy (non-hydrogen) atoms. The van der Waals surface area contributed by atoms with Crippen molar-refractivity contribution in [3.63, 3.8) is 0 Å². The normalized spacial score (nSPS) is 18.9. The summed E-state index contributed by atoms with van der Waals surface area (Å²) in [5.41, 5.74) is 1.39. The highest BCUT2D eigenvalue weighted by atomic mass is 79.9. The van der Waals surface area contributed by atoms with Crippen LogP contribution in [0.2, 0.25) is 0 Å². The first-order chi connectivity index (χ1) is 6.84. The second-order valence-corrected chi connectivity index (χ2v) is 5.48. The zero-order valence-electron chi connectivity index (χ0n) is 8.32. The smallest absolute Gasteiger partial charge is 0.0270 e. The first-order valence-corrected chi connectivity index (χ1v) is 6.29. The summed E-state index contributed by atoms with van der Waals surface area (Å²) in [6, 6.07) is 4.21. The Balaban J connectivity index is 1.79. The van der Waals surface area contributed by atoms with E-state index in [-0.39, 0.29) is 0 Å². The van der Waals surface area contributed by atoms with Gasteiger partial charge in [0, 0.05) is 17.2 Å². The fourth-order valence-corrected chi connectivity index (χ4v) is 2.85. The molecule has 1 aromatic heterocycles. The second kappa shape index (κ2) is 4.92. The molecule has 2 rings (SSSR count). The summed E-state index contributed by atoms with van der Waals surface area (Å²) in [5.74, 6) is 0.987. The van der Waals surface area contributed by atoms with Gasteiger partial charge in [0.15, 0.2) is 0 Å². The van der Waals surface area contributed by atoms with Gasteiger partial charge in [-0.25, -0.2) is 0 Å². The molecular formula is C12H16BrN. The summed E-state index contributed by atoms with van der Waals surface area (Å²) in [7, 11) is 0. The van der Waals surface area contributed by atoms with Crippen LogP contribution in [0.3, 0.4) is 0 Å². The minimum atomic E-state index is 0.648. The molecule has 0 aromatic carbocycles. The van der Waals surface area contributed by atoms with Gasteiger partial charge in [0.2, 0.25) is 0 Å². The van der Waals surface area contributed by atoms with Crippen molar-refractivity contribution in [3.05, 3.63) is 30.1 Å². The van der Waals surface area contributed by atoms with Crippen molar-refractivity contribution >= 4 is 15.9 Å². The summed E-state index contributed by atoms with van der Waals surface area (Å²) in [5, 5.41) is 0. The molecule has 0 saturated heterocycles. The molecule has 1 atom stereocenters. The molecule has 0 aliphatic heterocycles. The summed E-state index contributed by atoms with van der Waals surface area (Å²) in [6.07, 6.45) is 10.6. The van der Waals surface area contributed by atoms with Crippen LogP contribution < -0.4 is 0 Å². The molecule has 1 unspecified atom stereocenters. The van der Waals surface area contributed by atoms with E-state index in [1.807, 2.05) is 12.4 Å². The first kappa shape index (κ1) is 10.2. The molecule has 1 nitrogen and oxygen atoms in total. The van der Waals surface area contributed by atoms with E-state index in [0.29, 0.717) is 4.83 Å². The number of hydrogen-bond donors (Lipinski definition) is 0. The van der Waals surface area contributed by atoms with Crippen LogP contribution in [0.4, 0.5) is 0 Å². The van der Waals surface area contributed by atoms with Crippen molar-refractivity contribution in [1.29, 1.82) is 0 Å². The van der Waals surface area contributed by atoms with Crippen molar-refractivity contribution in [1.82, 2.24) is 4.98 Å². The Kier molecular flexibility index (Phi) is 3.57. The third kappa shape index (κ3) is 2.81. The summed E-state index contributed by atoms with van der Waals surface area (Å²) in [4.78, 5) is 4.67. The quantitative estimate of drug-likeness (QED) is 0.748. The van der Waals surface area contributed by atoms with Crippen LogP contribution >= 0.6 is 15.9 Å².